The first-order valence-electron chi connectivity index (χ1n) is 8.00. The molecular weight excluding hydrogens is 340 g/mol. The van der Waals surface area contributed by atoms with Crippen LogP contribution in [0.5, 0.6) is 0 Å². The molecule has 8 heteroatoms. The van der Waals surface area contributed by atoms with Crippen molar-refractivity contribution in [1.29, 1.82) is 0 Å². The molecule has 2 N–H and O–H groups in total. The van der Waals surface area contributed by atoms with Gasteiger partial charge in [0.15, 0.2) is 9.84 Å². The third kappa shape index (κ3) is 4.14. The average Bonchev–Trinajstić information content (AvgIpc) is 2.58. The summed E-state index contributed by atoms with van der Waals surface area (Å²) in [5, 5.41) is 0. The number of carbonyl (C=O) groups excluding carboxylic acids is 1. The molecule has 1 aliphatic rings. The Kier molecular flexibility index (Phi) is 4.71. The van der Waals surface area contributed by atoms with Gasteiger partial charge in [-0.15, -0.1) is 0 Å². The molecule has 1 amide bonds. The second-order valence-corrected chi connectivity index (χ2v) is 8.20. The minimum Gasteiger partial charge on any atom is -0.368 e. The lowest BCUT2D eigenvalue weighted by Crippen LogP contribution is -2.36. The molecule has 0 spiro atoms. The first-order valence-corrected chi connectivity index (χ1v) is 9.89. The standard InChI is InChI=1S/C17H20N4O3S/c1-25(23,24)14-5-2-12(3-6-14)4-7-16(22)21-9-8-13-10-19-17(18)20-15(13)11-21/h2-3,5-6,10H,4,7-9,11H2,1H3,(H2,18,19,20). The number of hydrogen-bond donors (Lipinski definition) is 1. The van der Waals surface area contributed by atoms with Gasteiger partial charge in [-0.1, -0.05) is 12.1 Å². The van der Waals surface area contributed by atoms with E-state index in [-0.39, 0.29) is 16.8 Å². The van der Waals surface area contributed by atoms with Crippen molar-refractivity contribution in [2.24, 2.45) is 0 Å². The van der Waals surface area contributed by atoms with E-state index in [1.54, 1.807) is 35.4 Å². The molecule has 0 bridgehead atoms. The lowest BCUT2D eigenvalue weighted by atomic mass is 10.1. The summed E-state index contributed by atoms with van der Waals surface area (Å²) < 4.78 is 22.9. The van der Waals surface area contributed by atoms with E-state index in [0.29, 0.717) is 25.9 Å². The van der Waals surface area contributed by atoms with Gasteiger partial charge in [-0.2, -0.15) is 0 Å². The Morgan fingerprint density at radius 2 is 2.00 bits per heavy atom. The number of nitrogens with zero attached hydrogens (tertiary/aromatic N) is 3. The number of nitrogens with two attached hydrogens (primary N) is 1. The van der Waals surface area contributed by atoms with Gasteiger partial charge in [0.05, 0.1) is 17.1 Å². The molecule has 0 unspecified atom stereocenters. The first kappa shape index (κ1) is 17.3. The third-order valence-corrected chi connectivity index (χ3v) is 5.42. The molecule has 1 aromatic carbocycles. The van der Waals surface area contributed by atoms with E-state index < -0.39 is 9.84 Å². The summed E-state index contributed by atoms with van der Waals surface area (Å²) in [4.78, 5) is 22.7. The molecule has 2 heterocycles. The number of nitrogen functional groups attached to an aromatic ring is 1. The molecule has 1 aliphatic heterocycles. The summed E-state index contributed by atoms with van der Waals surface area (Å²) in [6, 6.07) is 6.66. The Morgan fingerprint density at radius 1 is 1.28 bits per heavy atom. The van der Waals surface area contributed by atoms with Gasteiger partial charge in [0.2, 0.25) is 11.9 Å². The second-order valence-electron chi connectivity index (χ2n) is 6.18. The molecule has 25 heavy (non-hydrogen) atoms. The number of rotatable bonds is 4. The zero-order chi connectivity index (χ0) is 18.0. The Hall–Kier alpha value is -2.48. The number of aromatic nitrogens is 2. The van der Waals surface area contributed by atoms with Gasteiger partial charge in [-0.25, -0.2) is 18.4 Å². The van der Waals surface area contributed by atoms with Crippen LogP contribution in [-0.2, 0) is 34.0 Å². The minimum absolute atomic E-state index is 0.0509. The number of fused-ring (bicyclic) bond motifs is 1. The van der Waals surface area contributed by atoms with Crippen molar-refractivity contribution < 1.29 is 13.2 Å². The molecule has 0 radical (unpaired) electrons. The van der Waals surface area contributed by atoms with Crippen LogP contribution in [-0.4, -0.2) is 42.0 Å². The Balaban J connectivity index is 1.60. The lowest BCUT2D eigenvalue weighted by Gasteiger charge is -2.28. The van der Waals surface area contributed by atoms with Gasteiger partial charge >= 0.3 is 0 Å². The van der Waals surface area contributed by atoms with Crippen molar-refractivity contribution in [2.75, 3.05) is 18.5 Å². The molecule has 3 rings (SSSR count). The summed E-state index contributed by atoms with van der Waals surface area (Å²) in [6.07, 6.45) is 4.57. The van der Waals surface area contributed by atoms with Crippen molar-refractivity contribution in [3.63, 3.8) is 0 Å². The number of benzene rings is 1. The molecule has 0 aliphatic carbocycles. The molecule has 7 nitrogen and oxygen atoms in total. The fourth-order valence-electron chi connectivity index (χ4n) is 2.84. The van der Waals surface area contributed by atoms with E-state index in [1.807, 2.05) is 0 Å². The summed E-state index contributed by atoms with van der Waals surface area (Å²) in [7, 11) is -3.20. The van der Waals surface area contributed by atoms with Crippen LogP contribution in [0.3, 0.4) is 0 Å². The number of amides is 1. The molecule has 0 atom stereocenters. The molecular formula is C17H20N4O3S. The number of hydrogen-bond acceptors (Lipinski definition) is 6. The fraction of sp³-hybridized carbons (Fsp3) is 0.353. The SMILES string of the molecule is CS(=O)(=O)c1ccc(CCC(=O)N2CCc3cnc(N)nc3C2)cc1. The van der Waals surface area contributed by atoms with E-state index >= 15 is 0 Å². The fourth-order valence-corrected chi connectivity index (χ4v) is 3.47. The maximum Gasteiger partial charge on any atom is 0.223 e. The molecule has 0 saturated heterocycles. The summed E-state index contributed by atoms with van der Waals surface area (Å²) >= 11 is 0. The first-order chi connectivity index (χ1) is 11.8. The van der Waals surface area contributed by atoms with Gasteiger partial charge in [-0.3, -0.25) is 4.79 Å². The smallest absolute Gasteiger partial charge is 0.223 e. The van der Waals surface area contributed by atoms with Crippen LogP contribution in [0.25, 0.3) is 0 Å². The summed E-state index contributed by atoms with van der Waals surface area (Å²) in [5.41, 5.74) is 8.39. The third-order valence-electron chi connectivity index (χ3n) is 4.30. The Bertz CT molecular complexity index is 895. The zero-order valence-electron chi connectivity index (χ0n) is 14.0. The second kappa shape index (κ2) is 6.79. The molecule has 1 aromatic heterocycles. The Labute approximate surface area is 146 Å². The van der Waals surface area contributed by atoms with E-state index in [2.05, 4.69) is 9.97 Å². The molecule has 0 saturated carbocycles. The van der Waals surface area contributed by atoms with Crippen molar-refractivity contribution in [3.05, 3.63) is 47.3 Å². The number of carbonyl (C=O) groups is 1. The lowest BCUT2D eigenvalue weighted by molar-refractivity contribution is -0.132. The molecule has 2 aromatic rings. The van der Waals surface area contributed by atoms with Gasteiger partial charge in [0.1, 0.15) is 0 Å². The highest BCUT2D eigenvalue weighted by Gasteiger charge is 2.22. The van der Waals surface area contributed by atoms with Crippen LogP contribution < -0.4 is 5.73 Å². The van der Waals surface area contributed by atoms with E-state index in [9.17, 15) is 13.2 Å². The molecule has 0 fully saturated rings. The highest BCUT2D eigenvalue weighted by atomic mass is 32.2. The average molecular weight is 360 g/mol. The highest BCUT2D eigenvalue weighted by molar-refractivity contribution is 7.90. The van der Waals surface area contributed by atoms with Crippen LogP contribution in [0.2, 0.25) is 0 Å². The minimum atomic E-state index is -3.20. The number of aryl methyl sites for hydroxylation is 1. The predicted octanol–water partition coefficient (Wildman–Crippen LogP) is 0.980. The quantitative estimate of drug-likeness (QED) is 0.871. The highest BCUT2D eigenvalue weighted by Crippen LogP contribution is 2.18. The van der Waals surface area contributed by atoms with Crippen molar-refractivity contribution in [3.8, 4) is 0 Å². The predicted molar refractivity (Wildman–Crippen MR) is 93.4 cm³/mol. The van der Waals surface area contributed by atoms with Crippen LogP contribution in [0, 0.1) is 0 Å². The van der Waals surface area contributed by atoms with Crippen molar-refractivity contribution in [1.82, 2.24) is 14.9 Å². The topological polar surface area (TPSA) is 106 Å². The monoisotopic (exact) mass is 360 g/mol. The van der Waals surface area contributed by atoms with E-state index in [1.165, 1.54) is 6.26 Å². The van der Waals surface area contributed by atoms with Crippen LogP contribution >= 0.6 is 0 Å². The summed E-state index contributed by atoms with van der Waals surface area (Å²) in [5.74, 6) is 0.272. The van der Waals surface area contributed by atoms with Gasteiger partial charge in [0, 0.05) is 25.4 Å². The van der Waals surface area contributed by atoms with Crippen LogP contribution in [0.15, 0.2) is 35.4 Å². The maximum absolute atomic E-state index is 12.4. The van der Waals surface area contributed by atoms with Crippen LogP contribution in [0.1, 0.15) is 23.2 Å². The van der Waals surface area contributed by atoms with Gasteiger partial charge in [-0.05, 0) is 36.1 Å². The van der Waals surface area contributed by atoms with Gasteiger partial charge in [0.25, 0.3) is 0 Å². The maximum atomic E-state index is 12.4. The van der Waals surface area contributed by atoms with Crippen LogP contribution in [0.4, 0.5) is 5.95 Å². The molecule has 132 valence electrons. The van der Waals surface area contributed by atoms with Crippen molar-refractivity contribution >= 4 is 21.7 Å². The normalized spacial score (nSPS) is 14.2. The zero-order valence-corrected chi connectivity index (χ0v) is 14.8. The number of anilines is 1. The summed E-state index contributed by atoms with van der Waals surface area (Å²) in [6.45, 7) is 1.10. The van der Waals surface area contributed by atoms with Gasteiger partial charge < -0.3 is 10.6 Å². The number of sulfone groups is 1. The van der Waals surface area contributed by atoms with E-state index in [4.69, 9.17) is 5.73 Å². The van der Waals surface area contributed by atoms with E-state index in [0.717, 1.165) is 23.2 Å². The Morgan fingerprint density at radius 3 is 2.68 bits per heavy atom. The largest absolute Gasteiger partial charge is 0.368 e. The van der Waals surface area contributed by atoms with Crippen molar-refractivity contribution in [2.45, 2.75) is 30.7 Å².